The minimum absolute atomic E-state index is 0.200. The van der Waals surface area contributed by atoms with Gasteiger partial charge in [-0.05, 0) is 24.0 Å². The molecule has 1 saturated carbocycles. The van der Waals surface area contributed by atoms with Gasteiger partial charge in [0.2, 0.25) is 0 Å². The Balaban J connectivity index is 2.18. The van der Waals surface area contributed by atoms with Gasteiger partial charge in [-0.1, -0.05) is 6.92 Å². The van der Waals surface area contributed by atoms with E-state index in [4.69, 9.17) is 0 Å². The summed E-state index contributed by atoms with van der Waals surface area (Å²) < 4.78 is 0. The number of nitrogens with zero attached hydrogens (tertiary/aromatic N) is 4. The van der Waals surface area contributed by atoms with Gasteiger partial charge < -0.3 is 5.11 Å². The molecule has 1 fully saturated rings. The Bertz CT molecular complexity index is 298. The second-order valence-electron chi connectivity index (χ2n) is 3.75. The minimum atomic E-state index is -0.200. The van der Waals surface area contributed by atoms with Gasteiger partial charge in [0.15, 0.2) is 5.82 Å². The molecule has 1 heterocycles. The summed E-state index contributed by atoms with van der Waals surface area (Å²) in [5.41, 5.74) is 0. The molecule has 3 unspecified atom stereocenters. The maximum absolute atomic E-state index is 9.55. The fraction of sp³-hybridized carbons (Fsp3) is 0.875. The van der Waals surface area contributed by atoms with E-state index in [0.717, 1.165) is 18.7 Å². The number of aliphatic hydroxyl groups is 1. The lowest BCUT2D eigenvalue weighted by Gasteiger charge is -2.12. The van der Waals surface area contributed by atoms with Crippen molar-refractivity contribution < 1.29 is 5.11 Å². The quantitative estimate of drug-likeness (QED) is 0.668. The summed E-state index contributed by atoms with van der Waals surface area (Å²) in [6.45, 7) is 2.04. The smallest absolute Gasteiger partial charge is 0.178 e. The Morgan fingerprint density at radius 2 is 2.23 bits per heavy atom. The Morgan fingerprint density at radius 1 is 1.46 bits per heavy atom. The highest BCUT2D eigenvalue weighted by Crippen LogP contribution is 2.37. The van der Waals surface area contributed by atoms with Crippen molar-refractivity contribution >= 4 is 0 Å². The number of aliphatic hydroxyl groups excluding tert-OH is 1. The number of hydrogen-bond acceptors (Lipinski definition) is 4. The second kappa shape index (κ2) is 3.06. The highest BCUT2D eigenvalue weighted by atomic mass is 16.3. The first-order valence-corrected chi connectivity index (χ1v) is 4.60. The fourth-order valence-electron chi connectivity index (χ4n) is 1.96. The van der Waals surface area contributed by atoms with Crippen molar-refractivity contribution in [3.05, 3.63) is 5.82 Å². The molecule has 0 saturated heterocycles. The van der Waals surface area contributed by atoms with Crippen LogP contribution in [0.15, 0.2) is 0 Å². The molecule has 1 aliphatic rings. The van der Waals surface area contributed by atoms with Gasteiger partial charge in [-0.3, -0.25) is 0 Å². The van der Waals surface area contributed by atoms with Crippen LogP contribution >= 0.6 is 0 Å². The van der Waals surface area contributed by atoms with E-state index >= 15 is 0 Å². The molecule has 0 aromatic carbocycles. The molecule has 1 aromatic rings. The number of aromatic nitrogens is 4. The third-order valence-electron chi connectivity index (χ3n) is 2.87. The van der Waals surface area contributed by atoms with Gasteiger partial charge in [0.1, 0.15) is 0 Å². The molecule has 0 bridgehead atoms. The normalized spacial score (nSPS) is 33.9. The Kier molecular flexibility index (Phi) is 2.03. The average molecular weight is 182 g/mol. The summed E-state index contributed by atoms with van der Waals surface area (Å²) in [5.74, 6) is 1.31. The molecule has 0 spiro atoms. The van der Waals surface area contributed by atoms with Gasteiger partial charge in [-0.15, -0.1) is 10.2 Å². The van der Waals surface area contributed by atoms with Crippen molar-refractivity contribution in [3.63, 3.8) is 0 Å². The predicted molar refractivity (Wildman–Crippen MR) is 45.9 cm³/mol. The van der Waals surface area contributed by atoms with Crippen LogP contribution in [0.1, 0.15) is 31.5 Å². The summed E-state index contributed by atoms with van der Waals surface area (Å²) in [6, 6.07) is 0. The first-order valence-electron chi connectivity index (χ1n) is 4.60. The van der Waals surface area contributed by atoms with E-state index in [1.165, 1.54) is 4.80 Å². The Labute approximate surface area is 76.8 Å². The van der Waals surface area contributed by atoms with Crippen LogP contribution in [0.3, 0.4) is 0 Å². The van der Waals surface area contributed by atoms with E-state index in [1.807, 2.05) is 6.92 Å². The van der Waals surface area contributed by atoms with Gasteiger partial charge in [-0.2, -0.15) is 4.80 Å². The number of aryl methyl sites for hydroxylation is 1. The summed E-state index contributed by atoms with van der Waals surface area (Å²) in [6.07, 6.45) is 1.62. The molecule has 5 nitrogen and oxygen atoms in total. The zero-order valence-electron chi connectivity index (χ0n) is 7.88. The SMILES string of the molecule is CC1C(O)CCC1c1nnn(C)n1. The molecule has 2 rings (SSSR count). The van der Waals surface area contributed by atoms with Gasteiger partial charge in [0.25, 0.3) is 0 Å². The maximum atomic E-state index is 9.55. The van der Waals surface area contributed by atoms with E-state index in [-0.39, 0.29) is 17.9 Å². The highest BCUT2D eigenvalue weighted by Gasteiger charge is 2.34. The van der Waals surface area contributed by atoms with E-state index in [2.05, 4.69) is 15.4 Å². The zero-order valence-corrected chi connectivity index (χ0v) is 7.88. The van der Waals surface area contributed by atoms with Gasteiger partial charge in [0, 0.05) is 5.92 Å². The van der Waals surface area contributed by atoms with Crippen molar-refractivity contribution in [1.29, 1.82) is 0 Å². The lowest BCUT2D eigenvalue weighted by Crippen LogP contribution is -2.15. The van der Waals surface area contributed by atoms with Crippen molar-refractivity contribution in [3.8, 4) is 0 Å². The summed E-state index contributed by atoms with van der Waals surface area (Å²) in [4.78, 5) is 1.47. The van der Waals surface area contributed by atoms with Gasteiger partial charge in [-0.25, -0.2) is 0 Å². The van der Waals surface area contributed by atoms with Crippen molar-refractivity contribution in [2.45, 2.75) is 31.8 Å². The molecular formula is C8H14N4O. The largest absolute Gasteiger partial charge is 0.393 e. The van der Waals surface area contributed by atoms with E-state index in [9.17, 15) is 5.11 Å². The van der Waals surface area contributed by atoms with Crippen LogP contribution in [0.2, 0.25) is 0 Å². The lowest BCUT2D eigenvalue weighted by molar-refractivity contribution is 0.136. The Hall–Kier alpha value is -0.970. The van der Waals surface area contributed by atoms with Crippen molar-refractivity contribution in [2.24, 2.45) is 13.0 Å². The lowest BCUT2D eigenvalue weighted by atomic mass is 9.96. The number of hydrogen-bond donors (Lipinski definition) is 1. The molecule has 1 aliphatic carbocycles. The summed E-state index contributed by atoms with van der Waals surface area (Å²) in [5, 5.41) is 21.5. The van der Waals surface area contributed by atoms with Crippen molar-refractivity contribution in [2.75, 3.05) is 0 Å². The molecule has 0 radical (unpaired) electrons. The van der Waals surface area contributed by atoms with Crippen LogP contribution in [0, 0.1) is 5.92 Å². The van der Waals surface area contributed by atoms with E-state index < -0.39 is 0 Å². The molecule has 72 valence electrons. The van der Waals surface area contributed by atoms with Crippen LogP contribution in [0.4, 0.5) is 0 Å². The van der Waals surface area contributed by atoms with Crippen molar-refractivity contribution in [1.82, 2.24) is 20.2 Å². The van der Waals surface area contributed by atoms with Gasteiger partial charge in [0.05, 0.1) is 13.2 Å². The van der Waals surface area contributed by atoms with Gasteiger partial charge >= 0.3 is 0 Å². The van der Waals surface area contributed by atoms with Crippen LogP contribution in [0.25, 0.3) is 0 Å². The number of rotatable bonds is 1. The highest BCUT2D eigenvalue weighted by molar-refractivity contribution is 5.00. The van der Waals surface area contributed by atoms with E-state index in [0.29, 0.717) is 0 Å². The standard InChI is InChI=1S/C8H14N4O/c1-5-6(3-4-7(5)13)8-9-11-12(2)10-8/h5-7,13H,3-4H2,1-2H3. The van der Waals surface area contributed by atoms with Crippen LogP contribution in [0.5, 0.6) is 0 Å². The second-order valence-corrected chi connectivity index (χ2v) is 3.75. The molecule has 13 heavy (non-hydrogen) atoms. The molecule has 3 atom stereocenters. The van der Waals surface area contributed by atoms with Crippen LogP contribution < -0.4 is 0 Å². The molecule has 1 aromatic heterocycles. The third kappa shape index (κ3) is 1.44. The Morgan fingerprint density at radius 3 is 2.69 bits per heavy atom. The summed E-state index contributed by atoms with van der Waals surface area (Å²) in [7, 11) is 1.76. The third-order valence-corrected chi connectivity index (χ3v) is 2.87. The maximum Gasteiger partial charge on any atom is 0.178 e. The molecule has 0 aliphatic heterocycles. The molecule has 5 heteroatoms. The zero-order chi connectivity index (χ0) is 9.42. The minimum Gasteiger partial charge on any atom is -0.393 e. The first-order chi connectivity index (χ1) is 6.18. The first kappa shape index (κ1) is 8.62. The fourth-order valence-corrected chi connectivity index (χ4v) is 1.96. The average Bonchev–Trinajstić information content (AvgIpc) is 2.62. The molecule has 0 amide bonds. The monoisotopic (exact) mass is 182 g/mol. The topological polar surface area (TPSA) is 63.8 Å². The number of tetrazole rings is 1. The van der Waals surface area contributed by atoms with Crippen LogP contribution in [-0.2, 0) is 7.05 Å². The van der Waals surface area contributed by atoms with E-state index in [1.54, 1.807) is 7.05 Å². The summed E-state index contributed by atoms with van der Waals surface area (Å²) >= 11 is 0. The predicted octanol–water partition coefficient (Wildman–Crippen LogP) is 0.0845. The van der Waals surface area contributed by atoms with Crippen LogP contribution in [-0.4, -0.2) is 31.4 Å². The molecule has 1 N–H and O–H groups in total. The molecular weight excluding hydrogens is 168 g/mol.